The number of guanidine groups is 4. The van der Waals surface area contributed by atoms with Crippen molar-refractivity contribution in [2.24, 2.45) is 54.7 Å². The molecule has 0 aromatic carbocycles. The maximum absolute atomic E-state index is 5.64. The maximum atomic E-state index is 5.64. The number of hydrogen-bond donors (Lipinski definition) is 6. The average Bonchev–Trinajstić information content (AvgIpc) is 2.52. The van der Waals surface area contributed by atoms with Crippen molar-refractivity contribution in [3.63, 3.8) is 0 Å². The van der Waals surface area contributed by atoms with Crippen LogP contribution in [0.3, 0.4) is 0 Å². The fraction of sp³-hybridized carbons (Fsp3) is 0.750. The molecule has 10 nitrogen and oxygen atoms in total. The van der Waals surface area contributed by atoms with Gasteiger partial charge in [-0.2, -0.15) is 9.98 Å². The van der Waals surface area contributed by atoms with E-state index in [-0.39, 0.29) is 23.8 Å². The van der Waals surface area contributed by atoms with Crippen molar-refractivity contribution in [1.82, 2.24) is 5.43 Å². The first-order valence-corrected chi connectivity index (χ1v) is 9.05. The summed E-state index contributed by atoms with van der Waals surface area (Å²) in [6, 6.07) is 0. The lowest BCUT2D eigenvalue weighted by atomic mass is 10.0. The number of aliphatic imine (C=N–C) groups is 3. The van der Waals surface area contributed by atoms with Gasteiger partial charge in [0.1, 0.15) is 0 Å². The summed E-state index contributed by atoms with van der Waals surface area (Å²) in [5.41, 5.74) is 29.2. The lowest BCUT2D eigenvalue weighted by Gasteiger charge is -2.03. The van der Waals surface area contributed by atoms with Crippen molar-refractivity contribution in [3.05, 3.63) is 0 Å². The molecular weight excluding hydrogens is 332 g/mol. The van der Waals surface area contributed by atoms with Gasteiger partial charge in [-0.15, -0.1) is 5.10 Å². The van der Waals surface area contributed by atoms with Crippen LogP contribution in [0.1, 0.15) is 66.2 Å². The van der Waals surface area contributed by atoms with E-state index in [0.717, 1.165) is 18.8 Å². The van der Waals surface area contributed by atoms with Gasteiger partial charge in [0.05, 0.1) is 0 Å². The zero-order valence-electron chi connectivity index (χ0n) is 16.7. The normalized spacial score (nSPS) is 12.4. The Morgan fingerprint density at radius 1 is 0.846 bits per heavy atom. The minimum atomic E-state index is -0.210. The lowest BCUT2D eigenvalue weighted by molar-refractivity contribution is 0.521. The number of hydrazone groups is 1. The zero-order chi connectivity index (χ0) is 20.4. The highest BCUT2D eigenvalue weighted by Gasteiger charge is 1.96. The molecule has 152 valence electrons. The Kier molecular flexibility index (Phi) is 17.1. The highest BCUT2D eigenvalue weighted by molar-refractivity contribution is 5.95. The molecule has 0 aliphatic rings. The Balaban J connectivity index is 0. The molecule has 0 atom stereocenters. The summed E-state index contributed by atoms with van der Waals surface area (Å²) in [5, 5.41) is 3.59. The van der Waals surface area contributed by atoms with Gasteiger partial charge in [0.15, 0.2) is 5.96 Å². The third-order valence-corrected chi connectivity index (χ3v) is 2.73. The second-order valence-corrected chi connectivity index (χ2v) is 6.16. The van der Waals surface area contributed by atoms with Crippen LogP contribution in [0, 0.1) is 5.92 Å². The van der Waals surface area contributed by atoms with Crippen LogP contribution < -0.4 is 34.1 Å². The third-order valence-electron chi connectivity index (χ3n) is 2.73. The largest absolute Gasteiger partial charge is 0.370 e. The Hall–Kier alpha value is -2.52. The maximum Gasteiger partial charge on any atom is 0.240 e. The highest BCUT2D eigenvalue weighted by Crippen LogP contribution is 2.09. The molecule has 0 bridgehead atoms. The Bertz CT molecular complexity index is 462. The van der Waals surface area contributed by atoms with Crippen LogP contribution in [0.15, 0.2) is 20.1 Å². The second-order valence-electron chi connectivity index (χ2n) is 6.16. The summed E-state index contributed by atoms with van der Waals surface area (Å²) in [6.07, 6.45) is 7.07. The van der Waals surface area contributed by atoms with Crippen LogP contribution in [-0.4, -0.2) is 30.4 Å². The number of nitrogens with zero attached hydrogens (tertiary/aromatic N) is 4. The highest BCUT2D eigenvalue weighted by atomic mass is 15.4. The predicted molar refractivity (Wildman–Crippen MR) is 113 cm³/mol. The van der Waals surface area contributed by atoms with E-state index in [9.17, 15) is 0 Å². The van der Waals surface area contributed by atoms with E-state index < -0.39 is 0 Å². The Morgan fingerprint density at radius 2 is 1.42 bits per heavy atom. The summed E-state index contributed by atoms with van der Waals surface area (Å²) in [7, 11) is 0. The van der Waals surface area contributed by atoms with Crippen molar-refractivity contribution in [2.45, 2.75) is 66.2 Å². The van der Waals surface area contributed by atoms with Gasteiger partial charge in [-0.05, 0) is 12.3 Å². The van der Waals surface area contributed by atoms with Crippen molar-refractivity contribution in [1.29, 1.82) is 0 Å². The van der Waals surface area contributed by atoms with Gasteiger partial charge in [-0.25, -0.2) is 5.43 Å². The number of nitrogens with two attached hydrogens (primary N) is 5. The average molecular weight is 371 g/mol. The van der Waals surface area contributed by atoms with Crippen LogP contribution in [0.2, 0.25) is 0 Å². The summed E-state index contributed by atoms with van der Waals surface area (Å²) in [6.45, 7) is 9.33. The third kappa shape index (κ3) is 21.5. The van der Waals surface area contributed by atoms with Crippen molar-refractivity contribution in [2.75, 3.05) is 6.54 Å². The quantitative estimate of drug-likeness (QED) is 0.158. The van der Waals surface area contributed by atoms with Gasteiger partial charge in [0.2, 0.25) is 17.9 Å². The van der Waals surface area contributed by atoms with Gasteiger partial charge in [-0.1, -0.05) is 59.8 Å². The molecule has 0 aliphatic heterocycles. The monoisotopic (exact) mass is 370 g/mol. The van der Waals surface area contributed by atoms with Crippen LogP contribution in [-0.2, 0) is 0 Å². The molecule has 0 rings (SSSR count). The smallest absolute Gasteiger partial charge is 0.240 e. The van der Waals surface area contributed by atoms with Crippen molar-refractivity contribution in [3.8, 4) is 0 Å². The summed E-state index contributed by atoms with van der Waals surface area (Å²) in [5.74, 6) is 0.389. The fourth-order valence-corrected chi connectivity index (χ4v) is 1.67. The molecule has 0 amide bonds. The fourth-order valence-electron chi connectivity index (χ4n) is 1.67. The molecule has 0 unspecified atom stereocenters. The Morgan fingerprint density at radius 3 is 1.96 bits per heavy atom. The molecule has 0 saturated carbocycles. The first kappa shape index (κ1) is 25.7. The van der Waals surface area contributed by atoms with Crippen LogP contribution in [0.4, 0.5) is 0 Å². The van der Waals surface area contributed by atoms with Crippen LogP contribution in [0.25, 0.3) is 0 Å². The van der Waals surface area contributed by atoms with E-state index in [1.807, 2.05) is 0 Å². The van der Waals surface area contributed by atoms with Crippen LogP contribution >= 0.6 is 0 Å². The van der Waals surface area contributed by atoms with Crippen LogP contribution in [0.5, 0.6) is 0 Å². The predicted octanol–water partition coefficient (Wildman–Crippen LogP) is 0.731. The molecule has 0 fully saturated rings. The molecule has 11 N–H and O–H groups in total. The van der Waals surface area contributed by atoms with E-state index >= 15 is 0 Å². The standard InChI is InChI=1S/C13H30N10.C3H8/c1-9(2)7-5-3-4-6-8-19-11(16)21-13(18)23-22-12(17)20-10(14)15;1-3-2/h9H,3-8H2,1-2H3,(H6,14,15,17,20,22)(H5,16,18,19,21,23);3H2,1-2H3. The van der Waals surface area contributed by atoms with Gasteiger partial charge >= 0.3 is 0 Å². The second kappa shape index (κ2) is 17.3. The molecule has 0 spiro atoms. The van der Waals surface area contributed by atoms with E-state index in [1.165, 1.54) is 25.7 Å². The summed E-state index contributed by atoms with van der Waals surface area (Å²) >= 11 is 0. The minimum Gasteiger partial charge on any atom is -0.370 e. The van der Waals surface area contributed by atoms with E-state index in [2.05, 4.69) is 53.2 Å². The molecule has 0 aromatic heterocycles. The van der Waals surface area contributed by atoms with Gasteiger partial charge in [-0.3, -0.25) is 4.99 Å². The van der Waals surface area contributed by atoms with Crippen molar-refractivity contribution < 1.29 is 0 Å². The number of rotatable bonds is 8. The molecule has 26 heavy (non-hydrogen) atoms. The Labute approximate surface area is 157 Å². The SMILES string of the molecule is CC(C)CCCCCCN=C(N)/N=C(\N)N/N=C(\N)N=C(N)N.CCC. The lowest BCUT2D eigenvalue weighted by Crippen LogP contribution is -2.33. The van der Waals surface area contributed by atoms with Gasteiger partial charge in [0.25, 0.3) is 0 Å². The van der Waals surface area contributed by atoms with E-state index in [4.69, 9.17) is 28.7 Å². The van der Waals surface area contributed by atoms with E-state index in [1.54, 1.807) is 0 Å². The molecule has 0 radical (unpaired) electrons. The van der Waals surface area contributed by atoms with E-state index in [0.29, 0.717) is 6.54 Å². The first-order chi connectivity index (χ1) is 12.2. The number of unbranched alkanes of at least 4 members (excludes halogenated alkanes) is 3. The first-order valence-electron chi connectivity index (χ1n) is 9.05. The van der Waals surface area contributed by atoms with Gasteiger partial charge < -0.3 is 28.7 Å². The summed E-state index contributed by atoms with van der Waals surface area (Å²) < 4.78 is 0. The van der Waals surface area contributed by atoms with Crippen molar-refractivity contribution >= 4 is 23.8 Å². The molecular formula is C16H38N10. The number of hydrogen-bond acceptors (Lipinski definition) is 2. The topological polar surface area (TPSA) is 192 Å². The molecule has 0 heterocycles. The minimum absolute atomic E-state index is 0.0584. The summed E-state index contributed by atoms with van der Waals surface area (Å²) in [4.78, 5) is 11.4. The van der Waals surface area contributed by atoms with Gasteiger partial charge in [0, 0.05) is 6.54 Å². The molecule has 0 saturated heterocycles. The molecule has 0 aliphatic carbocycles. The molecule has 0 aromatic rings. The number of nitrogens with one attached hydrogen (secondary N) is 1. The molecule has 10 heteroatoms. The zero-order valence-corrected chi connectivity index (χ0v) is 16.7.